The summed E-state index contributed by atoms with van der Waals surface area (Å²) in [5, 5.41) is 8.15. The summed E-state index contributed by atoms with van der Waals surface area (Å²) >= 11 is 5.83. The molecule has 18 heavy (non-hydrogen) atoms. The van der Waals surface area contributed by atoms with Crippen molar-refractivity contribution < 1.29 is 9.21 Å². The average Bonchev–Trinajstić information content (AvgIpc) is 2.99. The van der Waals surface area contributed by atoms with Gasteiger partial charge in [0.1, 0.15) is 0 Å². The second-order valence-corrected chi connectivity index (χ2v) is 4.60. The highest BCUT2D eigenvalue weighted by Gasteiger charge is 2.34. The largest absolute Gasteiger partial charge is 0.428 e. The Labute approximate surface area is 108 Å². The highest BCUT2D eigenvalue weighted by Crippen LogP contribution is 2.31. The van der Waals surface area contributed by atoms with Gasteiger partial charge in [0.05, 0.1) is 5.92 Å². The normalized spacial score (nSPS) is 19.5. The van der Waals surface area contributed by atoms with Crippen LogP contribution in [0, 0.1) is 0 Å². The summed E-state index contributed by atoms with van der Waals surface area (Å²) in [4.78, 5) is 13.7. The summed E-state index contributed by atoms with van der Waals surface area (Å²) < 4.78 is 5.15. The van der Waals surface area contributed by atoms with Crippen molar-refractivity contribution in [1.29, 1.82) is 0 Å². The maximum Gasteiger partial charge on any atom is 0.227 e. The van der Waals surface area contributed by atoms with E-state index in [1.54, 1.807) is 17.0 Å². The zero-order valence-electron chi connectivity index (χ0n) is 9.41. The molecule has 1 saturated heterocycles. The molecule has 2 aromatic rings. The smallest absolute Gasteiger partial charge is 0.227 e. The number of rotatable bonds is 2. The van der Waals surface area contributed by atoms with Gasteiger partial charge in [0.2, 0.25) is 18.2 Å². The van der Waals surface area contributed by atoms with Crippen LogP contribution in [0.2, 0.25) is 5.02 Å². The molecule has 3 rings (SSSR count). The van der Waals surface area contributed by atoms with E-state index in [9.17, 15) is 4.79 Å². The fraction of sp³-hybridized carbons (Fsp3) is 0.250. The first kappa shape index (κ1) is 11.2. The van der Waals surface area contributed by atoms with Gasteiger partial charge in [-0.2, -0.15) is 0 Å². The van der Waals surface area contributed by atoms with Crippen molar-refractivity contribution in [2.45, 2.75) is 12.3 Å². The number of aromatic nitrogens is 2. The molecule has 5 nitrogen and oxygen atoms in total. The molecule has 1 fully saturated rings. The molecule has 6 heteroatoms. The Morgan fingerprint density at radius 3 is 2.78 bits per heavy atom. The molecule has 0 unspecified atom stereocenters. The zero-order chi connectivity index (χ0) is 12.5. The summed E-state index contributed by atoms with van der Waals surface area (Å²) in [6.07, 6.45) is 1.68. The Kier molecular flexibility index (Phi) is 2.76. The fourth-order valence-electron chi connectivity index (χ4n) is 2.10. The Hall–Kier alpha value is -1.88. The lowest BCUT2D eigenvalue weighted by Crippen LogP contribution is -2.24. The Balaban J connectivity index is 1.82. The number of amides is 1. The van der Waals surface area contributed by atoms with Crippen LogP contribution < -0.4 is 4.90 Å². The molecule has 1 aliphatic rings. The Bertz CT molecular complexity index is 553. The number of halogens is 1. The van der Waals surface area contributed by atoms with Crippen molar-refractivity contribution in [3.05, 3.63) is 41.6 Å². The van der Waals surface area contributed by atoms with Gasteiger partial charge in [0, 0.05) is 23.7 Å². The molecule has 1 aromatic heterocycles. The summed E-state index contributed by atoms with van der Waals surface area (Å²) in [6, 6.07) is 7.20. The fourth-order valence-corrected chi connectivity index (χ4v) is 2.23. The van der Waals surface area contributed by atoms with Gasteiger partial charge in [-0.15, -0.1) is 10.2 Å². The van der Waals surface area contributed by atoms with Gasteiger partial charge in [-0.1, -0.05) is 11.6 Å². The van der Waals surface area contributed by atoms with E-state index in [4.69, 9.17) is 16.0 Å². The minimum absolute atomic E-state index is 0.0318. The van der Waals surface area contributed by atoms with Crippen LogP contribution in [0.5, 0.6) is 0 Å². The van der Waals surface area contributed by atoms with Gasteiger partial charge in [-0.3, -0.25) is 4.79 Å². The molecule has 0 radical (unpaired) electrons. The van der Waals surface area contributed by atoms with E-state index < -0.39 is 0 Å². The van der Waals surface area contributed by atoms with E-state index in [1.165, 1.54) is 6.39 Å². The molecular weight excluding hydrogens is 254 g/mol. The van der Waals surface area contributed by atoms with E-state index in [-0.39, 0.29) is 11.8 Å². The predicted octanol–water partition coefficient (Wildman–Crippen LogP) is 2.24. The van der Waals surface area contributed by atoms with Gasteiger partial charge >= 0.3 is 0 Å². The van der Waals surface area contributed by atoms with E-state index in [1.807, 2.05) is 12.1 Å². The Morgan fingerprint density at radius 1 is 1.33 bits per heavy atom. The molecule has 1 amide bonds. The SMILES string of the molecule is O=C1C[C@H](c2nnco2)CN1c1ccc(Cl)cc1. The first-order chi connectivity index (χ1) is 8.74. The lowest BCUT2D eigenvalue weighted by Gasteiger charge is -2.15. The number of benzene rings is 1. The van der Waals surface area contributed by atoms with Crippen LogP contribution in [0.1, 0.15) is 18.2 Å². The monoisotopic (exact) mass is 263 g/mol. The average molecular weight is 264 g/mol. The number of carbonyl (C=O) groups is 1. The van der Waals surface area contributed by atoms with Gasteiger partial charge < -0.3 is 9.32 Å². The van der Waals surface area contributed by atoms with Crippen molar-refractivity contribution >= 4 is 23.2 Å². The van der Waals surface area contributed by atoms with Crippen LogP contribution in [0.15, 0.2) is 35.1 Å². The number of hydrogen-bond acceptors (Lipinski definition) is 4. The zero-order valence-corrected chi connectivity index (χ0v) is 10.2. The van der Waals surface area contributed by atoms with Gasteiger partial charge in [0.25, 0.3) is 0 Å². The lowest BCUT2D eigenvalue weighted by atomic mass is 10.1. The molecule has 0 saturated carbocycles. The molecule has 0 N–H and O–H groups in total. The Morgan fingerprint density at radius 2 is 2.11 bits per heavy atom. The first-order valence-corrected chi connectivity index (χ1v) is 5.94. The predicted molar refractivity (Wildman–Crippen MR) is 65.5 cm³/mol. The number of nitrogens with zero attached hydrogens (tertiary/aromatic N) is 3. The third-order valence-corrected chi connectivity index (χ3v) is 3.24. The van der Waals surface area contributed by atoms with Crippen LogP contribution >= 0.6 is 11.6 Å². The maximum atomic E-state index is 12.0. The number of carbonyl (C=O) groups excluding carboxylic acids is 1. The molecule has 2 heterocycles. The molecule has 0 aliphatic carbocycles. The van der Waals surface area contributed by atoms with Crippen molar-refractivity contribution in [2.24, 2.45) is 0 Å². The second kappa shape index (κ2) is 4.42. The quantitative estimate of drug-likeness (QED) is 0.834. The van der Waals surface area contributed by atoms with E-state index in [0.29, 0.717) is 23.9 Å². The molecule has 1 aliphatic heterocycles. The lowest BCUT2D eigenvalue weighted by molar-refractivity contribution is -0.117. The first-order valence-electron chi connectivity index (χ1n) is 5.56. The van der Waals surface area contributed by atoms with Crippen LogP contribution in [0.3, 0.4) is 0 Å². The van der Waals surface area contributed by atoms with Crippen molar-refractivity contribution in [3.8, 4) is 0 Å². The minimum atomic E-state index is -0.0318. The topological polar surface area (TPSA) is 59.2 Å². The highest BCUT2D eigenvalue weighted by molar-refractivity contribution is 6.30. The molecule has 92 valence electrons. The van der Waals surface area contributed by atoms with Gasteiger partial charge in [0.15, 0.2) is 0 Å². The van der Waals surface area contributed by atoms with Crippen LogP contribution in [0.25, 0.3) is 0 Å². The third-order valence-electron chi connectivity index (χ3n) is 2.99. The molecule has 0 bridgehead atoms. The van der Waals surface area contributed by atoms with Crippen LogP contribution in [-0.4, -0.2) is 22.6 Å². The van der Waals surface area contributed by atoms with Crippen molar-refractivity contribution in [2.75, 3.05) is 11.4 Å². The number of anilines is 1. The molecular formula is C12H10ClN3O2. The van der Waals surface area contributed by atoms with Gasteiger partial charge in [-0.05, 0) is 24.3 Å². The molecule has 0 spiro atoms. The summed E-state index contributed by atoms with van der Waals surface area (Å²) in [7, 11) is 0. The molecule has 1 atom stereocenters. The number of hydrogen-bond donors (Lipinski definition) is 0. The van der Waals surface area contributed by atoms with Crippen LogP contribution in [0.4, 0.5) is 5.69 Å². The van der Waals surface area contributed by atoms with E-state index in [0.717, 1.165) is 5.69 Å². The maximum absolute atomic E-state index is 12.0. The van der Waals surface area contributed by atoms with E-state index in [2.05, 4.69) is 10.2 Å². The molecule has 1 aromatic carbocycles. The second-order valence-electron chi connectivity index (χ2n) is 4.16. The summed E-state index contributed by atoms with van der Waals surface area (Å²) in [5.41, 5.74) is 0.839. The summed E-state index contributed by atoms with van der Waals surface area (Å²) in [5.74, 6) is 0.538. The minimum Gasteiger partial charge on any atom is -0.428 e. The van der Waals surface area contributed by atoms with Gasteiger partial charge in [-0.25, -0.2) is 0 Å². The van der Waals surface area contributed by atoms with E-state index >= 15 is 0 Å². The highest BCUT2D eigenvalue weighted by atomic mass is 35.5. The van der Waals surface area contributed by atoms with Crippen molar-refractivity contribution in [3.63, 3.8) is 0 Å². The summed E-state index contributed by atoms with van der Waals surface area (Å²) in [6.45, 7) is 0.558. The third kappa shape index (κ3) is 1.97. The standard InChI is InChI=1S/C12H10ClN3O2/c13-9-1-3-10(4-2-9)16-6-8(5-11(16)17)12-15-14-7-18-12/h1-4,7-8H,5-6H2/t8-/m0/s1. The van der Waals surface area contributed by atoms with Crippen molar-refractivity contribution in [1.82, 2.24) is 10.2 Å². The van der Waals surface area contributed by atoms with Crippen LogP contribution in [-0.2, 0) is 4.79 Å².